The molecule has 2 heteroatoms. The van der Waals surface area contributed by atoms with Crippen LogP contribution in [0.5, 0.6) is 0 Å². The average Bonchev–Trinajstić information content (AvgIpc) is 2.86. The smallest absolute Gasteiger partial charge is 0.0357 e. The molecule has 1 heterocycles. The first-order valence-electron chi connectivity index (χ1n) is 5.46. The number of aromatic nitrogens is 1. The third-order valence-corrected chi connectivity index (χ3v) is 2.74. The maximum absolute atomic E-state index is 3.44. The van der Waals surface area contributed by atoms with Gasteiger partial charge in [-0.1, -0.05) is 11.6 Å². The lowest BCUT2D eigenvalue weighted by Crippen LogP contribution is -2.15. The third-order valence-electron chi connectivity index (χ3n) is 2.74. The minimum atomic E-state index is 0.959. The van der Waals surface area contributed by atoms with Crippen molar-refractivity contribution in [3.05, 3.63) is 35.7 Å². The van der Waals surface area contributed by atoms with Crippen molar-refractivity contribution in [3.63, 3.8) is 0 Å². The fraction of sp³-hybridized carbons (Fsp3) is 0.500. The van der Waals surface area contributed by atoms with Gasteiger partial charge in [-0.25, -0.2) is 0 Å². The second-order valence-electron chi connectivity index (χ2n) is 3.88. The number of nitrogens with one attached hydrogen (secondary N) is 2. The van der Waals surface area contributed by atoms with Gasteiger partial charge in [0.15, 0.2) is 0 Å². The van der Waals surface area contributed by atoms with Crippen LogP contribution in [0.3, 0.4) is 0 Å². The monoisotopic (exact) mass is 190 g/mol. The van der Waals surface area contributed by atoms with Crippen molar-refractivity contribution in [3.8, 4) is 0 Å². The van der Waals surface area contributed by atoms with E-state index in [1.165, 1.54) is 31.4 Å². The lowest BCUT2D eigenvalue weighted by Gasteiger charge is -2.03. The molecule has 0 saturated heterocycles. The van der Waals surface area contributed by atoms with Crippen molar-refractivity contribution >= 4 is 0 Å². The van der Waals surface area contributed by atoms with Crippen molar-refractivity contribution in [2.24, 2.45) is 0 Å². The van der Waals surface area contributed by atoms with E-state index in [-0.39, 0.29) is 0 Å². The normalized spacial score (nSPS) is 15.9. The number of hydrogen-bond acceptors (Lipinski definition) is 1. The number of H-pyrrole nitrogens is 1. The number of allylic oxidation sites excluding steroid dienone is 1. The molecule has 2 N–H and O–H groups in total. The maximum atomic E-state index is 3.44. The summed E-state index contributed by atoms with van der Waals surface area (Å²) < 4.78 is 0. The highest BCUT2D eigenvalue weighted by Crippen LogP contribution is 2.19. The summed E-state index contributed by atoms with van der Waals surface area (Å²) in [6.45, 7) is 2.06. The van der Waals surface area contributed by atoms with E-state index in [1.807, 2.05) is 12.3 Å². The van der Waals surface area contributed by atoms with E-state index in [0.717, 1.165) is 13.1 Å². The Labute approximate surface area is 85.4 Å². The summed E-state index contributed by atoms with van der Waals surface area (Å²) in [7, 11) is 0. The molecule has 0 spiro atoms. The summed E-state index contributed by atoms with van der Waals surface area (Å²) >= 11 is 0. The van der Waals surface area contributed by atoms with Gasteiger partial charge in [-0.15, -0.1) is 0 Å². The fourth-order valence-electron chi connectivity index (χ4n) is 1.91. The van der Waals surface area contributed by atoms with Gasteiger partial charge >= 0.3 is 0 Å². The minimum Gasteiger partial charge on any atom is -0.364 e. The summed E-state index contributed by atoms with van der Waals surface area (Å²) in [6.07, 6.45) is 9.58. The van der Waals surface area contributed by atoms with Gasteiger partial charge in [-0.2, -0.15) is 0 Å². The van der Waals surface area contributed by atoms with Crippen molar-refractivity contribution in [2.75, 3.05) is 6.54 Å². The highest BCUT2D eigenvalue weighted by Gasteiger charge is 2.03. The van der Waals surface area contributed by atoms with Crippen molar-refractivity contribution in [1.29, 1.82) is 0 Å². The van der Waals surface area contributed by atoms with Crippen LogP contribution in [0.1, 0.15) is 31.4 Å². The summed E-state index contributed by atoms with van der Waals surface area (Å²) in [5.41, 5.74) is 2.91. The zero-order valence-electron chi connectivity index (χ0n) is 8.55. The van der Waals surface area contributed by atoms with Crippen LogP contribution in [0.15, 0.2) is 30.0 Å². The average molecular weight is 190 g/mol. The first kappa shape index (κ1) is 9.53. The molecule has 0 fully saturated rings. The molecule has 1 aliphatic carbocycles. The molecule has 0 amide bonds. The maximum Gasteiger partial charge on any atom is 0.0357 e. The number of hydrogen-bond donors (Lipinski definition) is 2. The van der Waals surface area contributed by atoms with Gasteiger partial charge in [0.05, 0.1) is 0 Å². The van der Waals surface area contributed by atoms with E-state index in [1.54, 1.807) is 5.57 Å². The Hall–Kier alpha value is -1.02. The van der Waals surface area contributed by atoms with Crippen molar-refractivity contribution < 1.29 is 0 Å². The van der Waals surface area contributed by atoms with E-state index >= 15 is 0 Å². The Bertz CT molecular complexity index is 285. The molecule has 2 rings (SSSR count). The highest BCUT2D eigenvalue weighted by atomic mass is 14.9. The minimum absolute atomic E-state index is 0.959. The lowest BCUT2D eigenvalue weighted by atomic mass is 10.2. The molecule has 1 aromatic rings. The van der Waals surface area contributed by atoms with Crippen LogP contribution >= 0.6 is 0 Å². The van der Waals surface area contributed by atoms with Crippen LogP contribution in [0.25, 0.3) is 0 Å². The Balaban J connectivity index is 1.59. The Morgan fingerprint density at radius 2 is 2.43 bits per heavy atom. The van der Waals surface area contributed by atoms with E-state index in [4.69, 9.17) is 0 Å². The van der Waals surface area contributed by atoms with Gasteiger partial charge in [0, 0.05) is 18.4 Å². The molecule has 0 aromatic carbocycles. The van der Waals surface area contributed by atoms with Crippen LogP contribution < -0.4 is 5.32 Å². The zero-order valence-corrected chi connectivity index (χ0v) is 8.55. The SMILES string of the molecule is C1=C(CCNCc2ccc[nH]2)CCC1. The molecule has 76 valence electrons. The zero-order chi connectivity index (χ0) is 9.64. The molecule has 0 unspecified atom stereocenters. The molecule has 0 aliphatic heterocycles. The Kier molecular flexibility index (Phi) is 3.41. The third kappa shape index (κ3) is 2.74. The summed E-state index contributed by atoms with van der Waals surface area (Å²) in [4.78, 5) is 3.19. The molecule has 1 aromatic heterocycles. The Morgan fingerprint density at radius 3 is 3.14 bits per heavy atom. The summed E-state index contributed by atoms with van der Waals surface area (Å²) in [5, 5.41) is 3.44. The van der Waals surface area contributed by atoms with Gasteiger partial charge in [0.1, 0.15) is 0 Å². The first-order valence-corrected chi connectivity index (χ1v) is 5.46. The Morgan fingerprint density at radius 1 is 1.43 bits per heavy atom. The van der Waals surface area contributed by atoms with Crippen LogP contribution in [-0.4, -0.2) is 11.5 Å². The molecular weight excluding hydrogens is 172 g/mol. The predicted molar refractivity (Wildman–Crippen MR) is 59.1 cm³/mol. The van der Waals surface area contributed by atoms with Crippen LogP contribution in [-0.2, 0) is 6.54 Å². The second kappa shape index (κ2) is 5.01. The summed E-state index contributed by atoms with van der Waals surface area (Å²) in [5.74, 6) is 0. The summed E-state index contributed by atoms with van der Waals surface area (Å²) in [6, 6.07) is 4.15. The van der Waals surface area contributed by atoms with Gasteiger partial charge in [0.25, 0.3) is 0 Å². The fourth-order valence-corrected chi connectivity index (χ4v) is 1.91. The quantitative estimate of drug-likeness (QED) is 0.542. The topological polar surface area (TPSA) is 27.8 Å². The first-order chi connectivity index (χ1) is 6.95. The van der Waals surface area contributed by atoms with E-state index in [2.05, 4.69) is 22.4 Å². The molecule has 0 saturated carbocycles. The molecular formula is C12H18N2. The number of rotatable bonds is 5. The molecule has 14 heavy (non-hydrogen) atoms. The van der Waals surface area contributed by atoms with Gasteiger partial charge < -0.3 is 10.3 Å². The van der Waals surface area contributed by atoms with Gasteiger partial charge in [-0.05, 0) is 44.4 Å². The van der Waals surface area contributed by atoms with E-state index < -0.39 is 0 Å². The molecule has 2 nitrogen and oxygen atoms in total. The largest absolute Gasteiger partial charge is 0.364 e. The van der Waals surface area contributed by atoms with Crippen molar-refractivity contribution in [2.45, 2.75) is 32.2 Å². The molecule has 0 radical (unpaired) electrons. The van der Waals surface area contributed by atoms with Crippen molar-refractivity contribution in [1.82, 2.24) is 10.3 Å². The van der Waals surface area contributed by atoms with Crippen LogP contribution in [0, 0.1) is 0 Å². The standard InChI is InChI=1S/C12H18N2/c1-2-5-11(4-1)7-9-13-10-12-6-3-8-14-12/h3-4,6,8,13-14H,1-2,5,7,9-10H2. The molecule has 0 atom stereocenters. The number of aromatic amines is 1. The highest BCUT2D eigenvalue weighted by molar-refractivity contribution is 5.08. The van der Waals surface area contributed by atoms with E-state index in [9.17, 15) is 0 Å². The van der Waals surface area contributed by atoms with Gasteiger partial charge in [0.2, 0.25) is 0 Å². The van der Waals surface area contributed by atoms with Crippen LogP contribution in [0.4, 0.5) is 0 Å². The lowest BCUT2D eigenvalue weighted by molar-refractivity contribution is 0.667. The predicted octanol–water partition coefficient (Wildman–Crippen LogP) is 2.60. The van der Waals surface area contributed by atoms with E-state index in [0.29, 0.717) is 0 Å². The molecule has 0 bridgehead atoms. The van der Waals surface area contributed by atoms with Gasteiger partial charge in [-0.3, -0.25) is 0 Å². The molecule has 1 aliphatic rings. The second-order valence-corrected chi connectivity index (χ2v) is 3.88. The van der Waals surface area contributed by atoms with Crippen LogP contribution in [0.2, 0.25) is 0 Å².